The van der Waals surface area contributed by atoms with Gasteiger partial charge >= 0.3 is 5.97 Å². The number of nitrogens with zero attached hydrogens (tertiary/aromatic N) is 2. The lowest BCUT2D eigenvalue weighted by atomic mass is 10.1. The van der Waals surface area contributed by atoms with Crippen LogP contribution in [0.4, 0.5) is 5.69 Å². The van der Waals surface area contributed by atoms with Crippen molar-refractivity contribution in [1.29, 1.82) is 0 Å². The molecule has 0 atom stereocenters. The van der Waals surface area contributed by atoms with Crippen molar-refractivity contribution in [1.82, 2.24) is 4.40 Å². The number of pyridine rings is 1. The van der Waals surface area contributed by atoms with Crippen LogP contribution >= 0.6 is 0 Å². The Morgan fingerprint density at radius 3 is 2.43 bits per heavy atom. The average Bonchev–Trinajstić information content (AvgIpc) is 3.13. The third-order valence-corrected chi connectivity index (χ3v) is 5.04. The van der Waals surface area contributed by atoms with Gasteiger partial charge in [-0.25, -0.2) is 4.79 Å². The average molecular weight is 402 g/mol. The molecule has 4 rings (SSSR count). The first kappa shape index (κ1) is 19.3. The number of nitro groups is 1. The van der Waals surface area contributed by atoms with Crippen molar-refractivity contribution in [3.63, 3.8) is 0 Å². The number of hydrogen-bond acceptors (Lipinski definition) is 5. The van der Waals surface area contributed by atoms with Gasteiger partial charge in [-0.3, -0.25) is 14.9 Å². The van der Waals surface area contributed by atoms with Gasteiger partial charge in [-0.1, -0.05) is 30.3 Å². The second kappa shape index (κ2) is 7.44. The van der Waals surface area contributed by atoms with E-state index in [1.54, 1.807) is 17.4 Å². The molecule has 0 saturated heterocycles. The number of carbonyl (C=O) groups excluding carboxylic acids is 2. The van der Waals surface area contributed by atoms with Gasteiger partial charge in [-0.2, -0.15) is 0 Å². The Labute approximate surface area is 171 Å². The van der Waals surface area contributed by atoms with Crippen molar-refractivity contribution < 1.29 is 19.2 Å². The molecule has 7 heteroatoms. The second-order valence-corrected chi connectivity index (χ2v) is 6.83. The molecule has 4 aromatic rings. The Morgan fingerprint density at radius 1 is 1.00 bits per heavy atom. The van der Waals surface area contributed by atoms with E-state index in [2.05, 4.69) is 0 Å². The van der Waals surface area contributed by atoms with Gasteiger partial charge in [0.05, 0.1) is 33.8 Å². The Hall–Kier alpha value is -4.00. The van der Waals surface area contributed by atoms with Crippen molar-refractivity contribution in [2.75, 3.05) is 6.61 Å². The molecule has 0 aliphatic carbocycles. The zero-order valence-electron chi connectivity index (χ0n) is 16.4. The topological polar surface area (TPSA) is 90.9 Å². The fourth-order valence-electron chi connectivity index (χ4n) is 3.71. The standard InChI is InChI=1S/C23H18N2O5/c1-3-30-23(27)17-13-21(22(26)16-9-5-7-11-19(16)25(28)29)24-18-10-6-4-8-15(18)14(2)12-20(17)24/h4-13H,3H2,1-2H3. The highest BCUT2D eigenvalue weighted by Gasteiger charge is 2.27. The molecule has 30 heavy (non-hydrogen) atoms. The Bertz CT molecular complexity index is 1340. The van der Waals surface area contributed by atoms with Gasteiger partial charge in [-0.05, 0) is 43.7 Å². The van der Waals surface area contributed by atoms with E-state index in [-0.39, 0.29) is 29.1 Å². The van der Waals surface area contributed by atoms with Crippen LogP contribution in [0.2, 0.25) is 0 Å². The number of para-hydroxylation sites is 2. The Balaban J connectivity index is 2.07. The normalized spacial score (nSPS) is 11.0. The molecule has 0 spiro atoms. The van der Waals surface area contributed by atoms with Crippen LogP contribution in [0.15, 0.2) is 60.7 Å². The van der Waals surface area contributed by atoms with E-state index in [0.717, 1.165) is 16.5 Å². The van der Waals surface area contributed by atoms with Crippen LogP contribution in [-0.2, 0) is 4.74 Å². The summed E-state index contributed by atoms with van der Waals surface area (Å²) in [5, 5.41) is 12.4. The number of rotatable bonds is 5. The highest BCUT2D eigenvalue weighted by Crippen LogP contribution is 2.30. The van der Waals surface area contributed by atoms with Gasteiger partial charge in [0.15, 0.2) is 0 Å². The molecule has 150 valence electrons. The first-order valence-electron chi connectivity index (χ1n) is 9.43. The zero-order valence-corrected chi connectivity index (χ0v) is 16.4. The number of fused-ring (bicyclic) bond motifs is 3. The third-order valence-electron chi connectivity index (χ3n) is 5.04. The second-order valence-electron chi connectivity index (χ2n) is 6.83. The summed E-state index contributed by atoms with van der Waals surface area (Å²) >= 11 is 0. The first-order chi connectivity index (χ1) is 14.4. The van der Waals surface area contributed by atoms with Gasteiger partial charge in [0.1, 0.15) is 5.56 Å². The number of aromatic nitrogens is 1. The summed E-state index contributed by atoms with van der Waals surface area (Å²) in [5.41, 5.74) is 2.27. The molecule has 0 N–H and O–H groups in total. The molecular formula is C23H18N2O5. The number of carbonyl (C=O) groups is 2. The lowest BCUT2D eigenvalue weighted by Gasteiger charge is -2.10. The molecule has 2 aromatic carbocycles. The summed E-state index contributed by atoms with van der Waals surface area (Å²) in [6, 6.07) is 16.6. The van der Waals surface area contributed by atoms with E-state index in [0.29, 0.717) is 5.52 Å². The quantitative estimate of drug-likeness (QED) is 0.209. The highest BCUT2D eigenvalue weighted by atomic mass is 16.6. The maximum absolute atomic E-state index is 13.4. The minimum absolute atomic E-state index is 0.0398. The van der Waals surface area contributed by atoms with E-state index < -0.39 is 16.7 Å². The number of hydrogen-bond donors (Lipinski definition) is 0. The van der Waals surface area contributed by atoms with Crippen molar-refractivity contribution in [2.24, 2.45) is 0 Å². The Kier molecular flexibility index (Phi) is 4.79. The van der Waals surface area contributed by atoms with Crippen molar-refractivity contribution >= 4 is 33.9 Å². The summed E-state index contributed by atoms with van der Waals surface area (Å²) in [7, 11) is 0. The van der Waals surface area contributed by atoms with Gasteiger partial charge in [0, 0.05) is 11.5 Å². The van der Waals surface area contributed by atoms with Gasteiger partial charge in [0.2, 0.25) is 5.78 Å². The van der Waals surface area contributed by atoms with Crippen molar-refractivity contribution in [2.45, 2.75) is 13.8 Å². The summed E-state index contributed by atoms with van der Waals surface area (Å²) in [6.45, 7) is 3.82. The van der Waals surface area contributed by atoms with Crippen LogP contribution < -0.4 is 0 Å². The maximum Gasteiger partial charge on any atom is 0.340 e. The molecule has 2 aromatic heterocycles. The third kappa shape index (κ3) is 3.00. The van der Waals surface area contributed by atoms with Crippen molar-refractivity contribution in [3.05, 3.63) is 93.2 Å². The van der Waals surface area contributed by atoms with Crippen LogP contribution in [0.25, 0.3) is 16.4 Å². The van der Waals surface area contributed by atoms with Crippen LogP contribution in [0.3, 0.4) is 0 Å². The maximum atomic E-state index is 13.4. The molecule has 2 heterocycles. The van der Waals surface area contributed by atoms with Crippen LogP contribution in [-0.4, -0.2) is 27.7 Å². The molecule has 0 amide bonds. The molecule has 0 saturated carbocycles. The minimum Gasteiger partial charge on any atom is -0.462 e. The molecule has 0 aliphatic heterocycles. The summed E-state index contributed by atoms with van der Waals surface area (Å²) < 4.78 is 6.85. The monoisotopic (exact) mass is 402 g/mol. The van der Waals surface area contributed by atoms with E-state index in [1.165, 1.54) is 24.3 Å². The van der Waals surface area contributed by atoms with E-state index in [9.17, 15) is 19.7 Å². The van der Waals surface area contributed by atoms with E-state index >= 15 is 0 Å². The van der Waals surface area contributed by atoms with Gasteiger partial charge < -0.3 is 9.14 Å². The lowest BCUT2D eigenvalue weighted by molar-refractivity contribution is -0.385. The summed E-state index contributed by atoms with van der Waals surface area (Å²) in [5.74, 6) is -1.09. The molecule has 0 aliphatic rings. The first-order valence-corrected chi connectivity index (χ1v) is 9.43. The van der Waals surface area contributed by atoms with Crippen LogP contribution in [0, 0.1) is 17.0 Å². The predicted molar refractivity (Wildman–Crippen MR) is 112 cm³/mol. The smallest absolute Gasteiger partial charge is 0.340 e. The SMILES string of the molecule is CCOC(=O)c1cc(C(=O)c2ccccc2[N+](=O)[O-])n2c1cc(C)c1ccccc12. The Morgan fingerprint density at radius 2 is 1.70 bits per heavy atom. The van der Waals surface area contributed by atoms with E-state index in [4.69, 9.17) is 4.74 Å². The number of ketones is 1. The predicted octanol–water partition coefficient (Wildman–Crippen LogP) is 4.72. The van der Waals surface area contributed by atoms with Gasteiger partial charge in [-0.15, -0.1) is 0 Å². The summed E-state index contributed by atoms with van der Waals surface area (Å²) in [6.07, 6.45) is 0. The molecule has 0 radical (unpaired) electrons. The summed E-state index contributed by atoms with van der Waals surface area (Å²) in [4.78, 5) is 36.9. The van der Waals surface area contributed by atoms with Crippen molar-refractivity contribution in [3.8, 4) is 0 Å². The van der Waals surface area contributed by atoms with Crippen LogP contribution in [0.1, 0.15) is 38.9 Å². The zero-order chi connectivity index (χ0) is 21.4. The number of nitro benzene ring substituents is 1. The fraction of sp³-hybridized carbons (Fsp3) is 0.130. The molecule has 7 nitrogen and oxygen atoms in total. The number of esters is 1. The minimum atomic E-state index is -0.586. The largest absolute Gasteiger partial charge is 0.462 e. The van der Waals surface area contributed by atoms with Crippen LogP contribution in [0.5, 0.6) is 0 Å². The molecular weight excluding hydrogens is 384 g/mol. The van der Waals surface area contributed by atoms with E-state index in [1.807, 2.05) is 37.3 Å². The molecule has 0 fully saturated rings. The number of ether oxygens (including phenoxy) is 1. The fourth-order valence-corrected chi connectivity index (χ4v) is 3.71. The lowest BCUT2D eigenvalue weighted by Crippen LogP contribution is -2.08. The van der Waals surface area contributed by atoms with Gasteiger partial charge in [0.25, 0.3) is 5.69 Å². The number of benzene rings is 2. The molecule has 0 unspecified atom stereocenters. The highest BCUT2D eigenvalue weighted by molar-refractivity contribution is 6.14. The number of aryl methyl sites for hydroxylation is 1. The molecule has 0 bridgehead atoms.